The minimum absolute atomic E-state index is 0.0746. The van der Waals surface area contributed by atoms with Gasteiger partial charge in [0, 0.05) is 25.2 Å². The van der Waals surface area contributed by atoms with E-state index in [9.17, 15) is 18.3 Å². The number of hydrogen-bond acceptors (Lipinski definition) is 5. The number of aromatic nitrogens is 2. The molecule has 0 fully saturated rings. The summed E-state index contributed by atoms with van der Waals surface area (Å²) >= 11 is 0.697. The molecule has 0 aliphatic heterocycles. The summed E-state index contributed by atoms with van der Waals surface area (Å²) in [5, 5.41) is 9.36. The van der Waals surface area contributed by atoms with Crippen molar-refractivity contribution in [2.45, 2.75) is 18.6 Å². The third-order valence-corrected chi connectivity index (χ3v) is 3.83. The van der Waals surface area contributed by atoms with E-state index in [0.29, 0.717) is 18.0 Å². The van der Waals surface area contributed by atoms with Crippen LogP contribution in [0.5, 0.6) is 0 Å². The maximum Gasteiger partial charge on any atom is 0.452 e. The quantitative estimate of drug-likeness (QED) is 0.920. The van der Waals surface area contributed by atoms with Crippen LogP contribution in [0, 0.1) is 0 Å². The highest BCUT2D eigenvalue weighted by Gasteiger charge is 2.36. The van der Waals surface area contributed by atoms with Crippen molar-refractivity contribution < 1.29 is 18.3 Å². The molecule has 1 heterocycles. The molecule has 1 N–H and O–H groups in total. The Kier molecular flexibility index (Phi) is 4.79. The Balaban J connectivity index is 2.26. The van der Waals surface area contributed by atoms with Gasteiger partial charge in [-0.3, -0.25) is 0 Å². The molecule has 0 unspecified atom stereocenters. The van der Waals surface area contributed by atoms with Gasteiger partial charge < -0.3 is 10.0 Å². The monoisotopic (exact) mass is 317 g/mol. The van der Waals surface area contributed by atoms with E-state index < -0.39 is 12.0 Å². The highest BCUT2D eigenvalue weighted by atomic mass is 32.1. The minimum Gasteiger partial charge on any atom is -0.396 e. The normalized spacial score (nSPS) is 13.2. The van der Waals surface area contributed by atoms with Gasteiger partial charge in [0.2, 0.25) is 11.0 Å². The SMILES string of the molecule is CN(c1nc(C(F)(F)F)ns1)[C@H](CCO)c1ccccc1. The van der Waals surface area contributed by atoms with Crippen LogP contribution in [0.1, 0.15) is 23.9 Å². The number of nitrogens with zero attached hydrogens (tertiary/aromatic N) is 3. The van der Waals surface area contributed by atoms with E-state index in [2.05, 4.69) is 9.36 Å². The average Bonchev–Trinajstić information content (AvgIpc) is 2.95. The first kappa shape index (κ1) is 15.7. The van der Waals surface area contributed by atoms with Gasteiger partial charge in [-0.2, -0.15) is 22.5 Å². The smallest absolute Gasteiger partial charge is 0.396 e. The highest BCUT2D eigenvalue weighted by Crippen LogP contribution is 2.33. The molecular weight excluding hydrogens is 303 g/mol. The van der Waals surface area contributed by atoms with Crippen molar-refractivity contribution in [1.29, 1.82) is 0 Å². The minimum atomic E-state index is -4.55. The van der Waals surface area contributed by atoms with Crippen LogP contribution in [0.2, 0.25) is 0 Å². The molecule has 0 radical (unpaired) electrons. The Morgan fingerprint density at radius 1 is 1.29 bits per heavy atom. The van der Waals surface area contributed by atoms with Gasteiger partial charge in [0.25, 0.3) is 0 Å². The molecule has 0 spiro atoms. The summed E-state index contributed by atoms with van der Waals surface area (Å²) in [5.41, 5.74) is 0.901. The summed E-state index contributed by atoms with van der Waals surface area (Å²) in [5.74, 6) is -1.13. The Hall–Kier alpha value is -1.67. The topological polar surface area (TPSA) is 49.2 Å². The molecule has 0 amide bonds. The van der Waals surface area contributed by atoms with Crippen LogP contribution < -0.4 is 4.90 Å². The number of alkyl halides is 3. The first-order chi connectivity index (χ1) is 9.93. The average molecular weight is 317 g/mol. The number of benzene rings is 1. The zero-order chi connectivity index (χ0) is 15.5. The maximum atomic E-state index is 12.6. The predicted molar refractivity (Wildman–Crippen MR) is 74.2 cm³/mol. The molecule has 0 aliphatic carbocycles. The standard InChI is InChI=1S/C13H14F3N3OS/c1-19(12-17-11(18-21-12)13(14,15)16)10(7-8-20)9-5-3-2-4-6-9/h2-6,10,20H,7-8H2,1H3/t10-/m1/s1. The summed E-state index contributed by atoms with van der Waals surface area (Å²) in [6, 6.07) is 9.01. The van der Waals surface area contributed by atoms with Crippen LogP contribution in [-0.4, -0.2) is 28.1 Å². The predicted octanol–water partition coefficient (Wildman–Crippen LogP) is 3.12. The van der Waals surface area contributed by atoms with E-state index in [-0.39, 0.29) is 17.8 Å². The lowest BCUT2D eigenvalue weighted by Crippen LogP contribution is -2.25. The summed E-state index contributed by atoms with van der Waals surface area (Å²) in [7, 11) is 1.65. The molecular formula is C13H14F3N3OS. The number of rotatable bonds is 5. The van der Waals surface area contributed by atoms with Crippen molar-refractivity contribution >= 4 is 16.7 Å². The fourth-order valence-electron chi connectivity index (χ4n) is 1.99. The Morgan fingerprint density at radius 3 is 2.48 bits per heavy atom. The number of anilines is 1. The van der Waals surface area contributed by atoms with E-state index in [4.69, 9.17) is 0 Å². The van der Waals surface area contributed by atoms with Crippen LogP contribution in [0.3, 0.4) is 0 Å². The molecule has 4 nitrogen and oxygen atoms in total. The number of aliphatic hydroxyl groups excluding tert-OH is 1. The summed E-state index contributed by atoms with van der Waals surface area (Å²) in [6.07, 6.45) is -4.16. The fourth-order valence-corrected chi connectivity index (χ4v) is 2.68. The third kappa shape index (κ3) is 3.70. The highest BCUT2D eigenvalue weighted by molar-refractivity contribution is 7.09. The first-order valence-electron chi connectivity index (χ1n) is 6.23. The Labute approximate surface area is 124 Å². The van der Waals surface area contributed by atoms with Gasteiger partial charge >= 0.3 is 6.18 Å². The van der Waals surface area contributed by atoms with Gasteiger partial charge in [-0.05, 0) is 12.0 Å². The van der Waals surface area contributed by atoms with Gasteiger partial charge in [0.1, 0.15) is 0 Å². The molecule has 1 aromatic carbocycles. The summed E-state index contributed by atoms with van der Waals surface area (Å²) in [4.78, 5) is 5.15. The number of halogens is 3. The van der Waals surface area contributed by atoms with E-state index in [1.807, 2.05) is 30.3 Å². The molecule has 0 saturated heterocycles. The Bertz CT molecular complexity index is 574. The van der Waals surface area contributed by atoms with Crippen molar-refractivity contribution in [3.8, 4) is 0 Å². The molecule has 2 rings (SSSR count). The first-order valence-corrected chi connectivity index (χ1v) is 7.00. The van der Waals surface area contributed by atoms with Crippen LogP contribution in [0.4, 0.5) is 18.3 Å². The maximum absolute atomic E-state index is 12.6. The second-order valence-corrected chi connectivity index (χ2v) is 5.18. The van der Waals surface area contributed by atoms with Gasteiger partial charge in [0.15, 0.2) is 0 Å². The van der Waals surface area contributed by atoms with Crippen LogP contribution in [0.25, 0.3) is 0 Å². The van der Waals surface area contributed by atoms with Crippen molar-refractivity contribution in [3.63, 3.8) is 0 Å². The molecule has 0 bridgehead atoms. The van der Waals surface area contributed by atoms with Crippen LogP contribution in [-0.2, 0) is 6.18 Å². The lowest BCUT2D eigenvalue weighted by molar-refractivity contribution is -0.144. The van der Waals surface area contributed by atoms with Crippen LogP contribution >= 0.6 is 11.5 Å². The summed E-state index contributed by atoms with van der Waals surface area (Å²) in [6.45, 7) is -0.0746. The zero-order valence-electron chi connectivity index (χ0n) is 11.2. The van der Waals surface area contributed by atoms with E-state index in [1.165, 1.54) is 0 Å². The van der Waals surface area contributed by atoms with Gasteiger partial charge in [0.05, 0.1) is 6.04 Å². The molecule has 1 aromatic heterocycles. The van der Waals surface area contributed by atoms with Crippen molar-refractivity contribution in [2.24, 2.45) is 0 Å². The van der Waals surface area contributed by atoms with Crippen molar-refractivity contribution in [3.05, 3.63) is 41.7 Å². The number of hydrogen-bond donors (Lipinski definition) is 1. The molecule has 114 valence electrons. The fraction of sp³-hybridized carbons (Fsp3) is 0.385. The van der Waals surface area contributed by atoms with Crippen molar-refractivity contribution in [1.82, 2.24) is 9.36 Å². The molecule has 0 saturated carbocycles. The lowest BCUT2D eigenvalue weighted by atomic mass is 10.0. The molecule has 0 aliphatic rings. The Morgan fingerprint density at radius 2 is 1.95 bits per heavy atom. The summed E-state index contributed by atoms with van der Waals surface area (Å²) < 4.78 is 41.0. The molecule has 2 aromatic rings. The zero-order valence-corrected chi connectivity index (χ0v) is 12.0. The van der Waals surface area contributed by atoms with E-state index in [0.717, 1.165) is 5.56 Å². The number of aliphatic hydroxyl groups is 1. The molecule has 1 atom stereocenters. The molecule has 8 heteroatoms. The van der Waals surface area contributed by atoms with Gasteiger partial charge in [-0.15, -0.1) is 0 Å². The van der Waals surface area contributed by atoms with E-state index >= 15 is 0 Å². The van der Waals surface area contributed by atoms with Gasteiger partial charge in [-0.1, -0.05) is 30.3 Å². The second kappa shape index (κ2) is 6.40. The van der Waals surface area contributed by atoms with E-state index in [1.54, 1.807) is 11.9 Å². The van der Waals surface area contributed by atoms with Gasteiger partial charge in [-0.25, -0.2) is 0 Å². The molecule has 21 heavy (non-hydrogen) atoms. The third-order valence-electron chi connectivity index (χ3n) is 3.02. The lowest BCUT2D eigenvalue weighted by Gasteiger charge is -2.27. The second-order valence-electron chi connectivity index (χ2n) is 4.45. The largest absolute Gasteiger partial charge is 0.452 e. The van der Waals surface area contributed by atoms with Crippen LogP contribution in [0.15, 0.2) is 30.3 Å². The van der Waals surface area contributed by atoms with Crippen molar-refractivity contribution in [2.75, 3.05) is 18.6 Å².